The molecule has 1 rings (SSSR count). The van der Waals surface area contributed by atoms with Crippen molar-refractivity contribution in [3.63, 3.8) is 0 Å². The highest BCUT2D eigenvalue weighted by molar-refractivity contribution is 6.76. The largest absolute Gasteiger partial charge is 0.500 e. The summed E-state index contributed by atoms with van der Waals surface area (Å²) < 4.78 is 21.6. The minimum atomic E-state index is -2.47. The number of nitrogen functional groups attached to an aromatic ring is 1. The van der Waals surface area contributed by atoms with Gasteiger partial charge in [-0.2, -0.15) is 0 Å². The van der Waals surface area contributed by atoms with E-state index in [9.17, 15) is 0 Å². The smallest absolute Gasteiger partial charge is 0.494 e. The Morgan fingerprint density at radius 3 is 1.96 bits per heavy atom. The molecule has 0 spiro atoms. The first-order valence-electron chi connectivity index (χ1n) is 8.06. The zero-order valence-corrected chi connectivity index (χ0v) is 17.9. The summed E-state index contributed by atoms with van der Waals surface area (Å²) in [7, 11) is 1.50. The molecule has 0 aliphatic rings. The Morgan fingerprint density at radius 1 is 1.00 bits per heavy atom. The molecule has 24 heavy (non-hydrogen) atoms. The van der Waals surface area contributed by atoms with E-state index in [0.717, 1.165) is 24.4 Å². The normalized spacial score (nSPS) is 11.6. The van der Waals surface area contributed by atoms with Crippen molar-refractivity contribution >= 4 is 22.6 Å². The van der Waals surface area contributed by atoms with Crippen molar-refractivity contribution in [3.05, 3.63) is 24.3 Å². The first-order valence-corrected chi connectivity index (χ1v) is 13.7. The predicted molar refractivity (Wildman–Crippen MR) is 105 cm³/mol. The number of rotatable bonds is 9. The maximum atomic E-state index is 5.66. The summed E-state index contributed by atoms with van der Waals surface area (Å²) in [5, 5.41) is 0. The molecule has 0 aliphatic heterocycles. The molecule has 0 aromatic heterocycles. The van der Waals surface area contributed by atoms with E-state index in [0.29, 0.717) is 12.3 Å². The van der Waals surface area contributed by atoms with E-state index in [1.165, 1.54) is 0 Å². The third kappa shape index (κ3) is 10.1. The summed E-state index contributed by atoms with van der Waals surface area (Å²) in [5.74, 6) is 0.773. The van der Waals surface area contributed by atoms with Gasteiger partial charge in [0.15, 0.2) is 0 Å². The minimum Gasteiger partial charge on any atom is -0.494 e. The molecule has 0 amide bonds. The van der Waals surface area contributed by atoms with Crippen molar-refractivity contribution in [3.8, 4) is 5.75 Å². The summed E-state index contributed by atoms with van der Waals surface area (Å²) in [5.41, 5.74) is 11.7. The van der Waals surface area contributed by atoms with Crippen LogP contribution < -0.4 is 16.2 Å². The third-order valence-electron chi connectivity index (χ3n) is 3.30. The number of ether oxygens (including phenoxy) is 1. The Kier molecular flexibility index (Phi) is 11.2. The van der Waals surface area contributed by atoms with Gasteiger partial charge in [0, 0.05) is 39.1 Å². The average Bonchev–Trinajstić information content (AvgIpc) is 2.56. The van der Waals surface area contributed by atoms with Crippen LogP contribution in [0.1, 0.15) is 6.42 Å². The van der Waals surface area contributed by atoms with Gasteiger partial charge in [-0.3, -0.25) is 0 Å². The maximum absolute atomic E-state index is 5.66. The number of nitrogens with two attached hydrogens (primary N) is 2. The lowest BCUT2D eigenvalue weighted by Crippen LogP contribution is -2.42. The molecule has 4 N–H and O–H groups in total. The van der Waals surface area contributed by atoms with E-state index in [1.807, 2.05) is 18.2 Å². The number of hydrogen-bond acceptors (Lipinski definition) is 6. The van der Waals surface area contributed by atoms with Crippen molar-refractivity contribution in [1.82, 2.24) is 0 Å². The molecule has 140 valence electrons. The fourth-order valence-electron chi connectivity index (χ4n) is 1.64. The Labute approximate surface area is 148 Å². The van der Waals surface area contributed by atoms with E-state index >= 15 is 0 Å². The van der Waals surface area contributed by atoms with Crippen molar-refractivity contribution in [2.24, 2.45) is 5.73 Å². The van der Waals surface area contributed by atoms with Crippen LogP contribution in [0.5, 0.6) is 5.75 Å². The van der Waals surface area contributed by atoms with Gasteiger partial charge < -0.3 is 29.5 Å². The predicted octanol–water partition coefficient (Wildman–Crippen LogP) is 2.74. The molecule has 1 aromatic rings. The lowest BCUT2D eigenvalue weighted by Gasteiger charge is -2.24. The van der Waals surface area contributed by atoms with E-state index < -0.39 is 16.9 Å². The minimum absolute atomic E-state index is 0.578. The second-order valence-corrected chi connectivity index (χ2v) is 15.2. The molecule has 0 heterocycles. The summed E-state index contributed by atoms with van der Waals surface area (Å²) in [6, 6.07) is 8.09. The first kappa shape index (κ1) is 23.1. The molecule has 0 saturated heterocycles. The highest BCUT2D eigenvalue weighted by Crippen LogP contribution is 2.17. The second-order valence-electron chi connectivity index (χ2n) is 6.58. The molecule has 0 saturated carbocycles. The molecule has 0 bridgehead atoms. The van der Waals surface area contributed by atoms with Crippen LogP contribution in [0.3, 0.4) is 0 Å². The zero-order chi connectivity index (χ0) is 18.6. The van der Waals surface area contributed by atoms with E-state index in [4.69, 9.17) is 29.5 Å². The summed E-state index contributed by atoms with van der Waals surface area (Å²) >= 11 is 0. The standard InChI is InChI=1S/C12H21NO4Si.C4H13NSi/c1-14-18(15-2,16-3)9-5-8-17-12-7-4-6-11(13)10-12;1-6(2,3)4-5/h4,6-7,10H,5,8-9,13H2,1-3H3;4-5H2,1-3H3. The van der Waals surface area contributed by atoms with Crippen LogP contribution in [-0.4, -0.2) is 51.0 Å². The first-order chi connectivity index (χ1) is 11.2. The molecule has 0 atom stereocenters. The van der Waals surface area contributed by atoms with Gasteiger partial charge >= 0.3 is 8.80 Å². The Balaban J connectivity index is 0.000000754. The molecule has 1 aromatic carbocycles. The van der Waals surface area contributed by atoms with E-state index in [1.54, 1.807) is 27.4 Å². The topological polar surface area (TPSA) is 89.0 Å². The maximum Gasteiger partial charge on any atom is 0.500 e. The van der Waals surface area contributed by atoms with Gasteiger partial charge in [0.1, 0.15) is 5.75 Å². The van der Waals surface area contributed by atoms with E-state index in [-0.39, 0.29) is 0 Å². The fourth-order valence-corrected chi connectivity index (χ4v) is 3.33. The zero-order valence-electron chi connectivity index (χ0n) is 15.9. The molecule has 8 heteroatoms. The lowest BCUT2D eigenvalue weighted by atomic mass is 10.3. The fraction of sp³-hybridized carbons (Fsp3) is 0.625. The molecular weight excluding hydrogens is 340 g/mol. The Bertz CT molecular complexity index is 444. The number of hydrogen-bond donors (Lipinski definition) is 2. The molecule has 6 nitrogen and oxygen atoms in total. The molecule has 0 unspecified atom stereocenters. The average molecular weight is 375 g/mol. The van der Waals surface area contributed by atoms with Crippen LogP contribution in [0.4, 0.5) is 5.69 Å². The highest BCUT2D eigenvalue weighted by Gasteiger charge is 2.36. The molecular formula is C16H34N2O4Si2. The van der Waals surface area contributed by atoms with Gasteiger partial charge in [-0.25, -0.2) is 0 Å². The van der Waals surface area contributed by atoms with E-state index in [2.05, 4.69) is 19.6 Å². The summed E-state index contributed by atoms with van der Waals surface area (Å²) in [6.07, 6.45) is 1.71. The quantitative estimate of drug-likeness (QED) is 0.392. The van der Waals surface area contributed by atoms with Crippen LogP contribution >= 0.6 is 0 Å². The summed E-state index contributed by atoms with van der Waals surface area (Å²) in [4.78, 5) is 0. The van der Waals surface area contributed by atoms with Gasteiger partial charge in [-0.1, -0.05) is 25.7 Å². The third-order valence-corrected chi connectivity index (χ3v) is 7.36. The number of benzene rings is 1. The van der Waals surface area contributed by atoms with Gasteiger partial charge in [0.25, 0.3) is 0 Å². The lowest BCUT2D eigenvalue weighted by molar-refractivity contribution is 0.121. The van der Waals surface area contributed by atoms with Gasteiger partial charge in [-0.15, -0.1) is 0 Å². The molecule has 0 radical (unpaired) electrons. The second kappa shape index (κ2) is 11.6. The van der Waals surface area contributed by atoms with Crippen molar-refractivity contribution in [2.75, 3.05) is 39.8 Å². The Morgan fingerprint density at radius 2 is 1.54 bits per heavy atom. The van der Waals surface area contributed by atoms with Crippen molar-refractivity contribution in [1.29, 1.82) is 0 Å². The number of anilines is 1. The van der Waals surface area contributed by atoms with Gasteiger partial charge in [0.2, 0.25) is 0 Å². The summed E-state index contributed by atoms with van der Waals surface area (Å²) in [6.45, 7) is 7.35. The van der Waals surface area contributed by atoms with Crippen molar-refractivity contribution < 1.29 is 18.0 Å². The van der Waals surface area contributed by atoms with Crippen LogP contribution in [0.2, 0.25) is 25.7 Å². The van der Waals surface area contributed by atoms with Crippen LogP contribution in [0.25, 0.3) is 0 Å². The molecule has 0 fully saturated rings. The monoisotopic (exact) mass is 374 g/mol. The van der Waals surface area contributed by atoms with Gasteiger partial charge in [-0.05, 0) is 24.7 Å². The van der Waals surface area contributed by atoms with Gasteiger partial charge in [0.05, 0.1) is 14.7 Å². The van der Waals surface area contributed by atoms with Crippen LogP contribution in [0.15, 0.2) is 24.3 Å². The molecule has 0 aliphatic carbocycles. The highest BCUT2D eigenvalue weighted by atomic mass is 28.4. The van der Waals surface area contributed by atoms with Crippen molar-refractivity contribution in [2.45, 2.75) is 32.1 Å². The van der Waals surface area contributed by atoms with Crippen LogP contribution in [0, 0.1) is 0 Å². The SMILES string of the molecule is CO[Si](CCCOc1cccc(N)c1)(OC)OC.C[Si](C)(C)CN. The van der Waals surface area contributed by atoms with Crippen LogP contribution in [-0.2, 0) is 13.3 Å². The Hall–Kier alpha value is -0.906.